The van der Waals surface area contributed by atoms with Crippen LogP contribution in [0.5, 0.6) is 0 Å². The lowest BCUT2D eigenvalue weighted by Gasteiger charge is -2.12. The van der Waals surface area contributed by atoms with Crippen LogP contribution in [0.15, 0.2) is 30.3 Å². The summed E-state index contributed by atoms with van der Waals surface area (Å²) in [5.41, 5.74) is 0.848. The van der Waals surface area contributed by atoms with E-state index in [9.17, 15) is 13.2 Å². The van der Waals surface area contributed by atoms with E-state index in [-0.39, 0.29) is 5.56 Å². The fourth-order valence-corrected chi connectivity index (χ4v) is 2.81. The van der Waals surface area contributed by atoms with E-state index in [4.69, 9.17) is 23.2 Å². The highest BCUT2D eigenvalue weighted by atomic mass is 79.9. The van der Waals surface area contributed by atoms with Crippen molar-refractivity contribution < 1.29 is 13.2 Å². The van der Waals surface area contributed by atoms with Crippen molar-refractivity contribution in [2.75, 3.05) is 0 Å². The minimum Gasteiger partial charge on any atom is -0.207 e. The first kappa shape index (κ1) is 15.7. The van der Waals surface area contributed by atoms with E-state index in [0.29, 0.717) is 22.5 Å². The predicted molar refractivity (Wildman–Crippen MR) is 78.2 cm³/mol. The topological polar surface area (TPSA) is 0 Å². The Hall–Kier alpha value is -0.710. The van der Waals surface area contributed by atoms with Gasteiger partial charge in [0.05, 0.1) is 10.0 Å². The van der Waals surface area contributed by atoms with Crippen LogP contribution in [0.3, 0.4) is 0 Å². The zero-order valence-corrected chi connectivity index (χ0v) is 13.0. The van der Waals surface area contributed by atoms with Gasteiger partial charge >= 0.3 is 0 Å². The predicted octanol–water partition coefficient (Wildman–Crippen LogP) is 6.09. The van der Waals surface area contributed by atoms with E-state index in [2.05, 4.69) is 15.9 Å². The van der Waals surface area contributed by atoms with Crippen LogP contribution < -0.4 is 0 Å². The van der Waals surface area contributed by atoms with E-state index in [1.807, 2.05) is 0 Å². The number of benzene rings is 2. The van der Waals surface area contributed by atoms with Crippen LogP contribution in [0.25, 0.3) is 0 Å². The Balaban J connectivity index is 2.25. The lowest BCUT2D eigenvalue weighted by Crippen LogP contribution is -2.01. The molecular formula is C14H8BrCl2F3. The molecule has 2 aromatic rings. The van der Waals surface area contributed by atoms with Gasteiger partial charge < -0.3 is 0 Å². The lowest BCUT2D eigenvalue weighted by molar-refractivity contribution is 0.489. The van der Waals surface area contributed by atoms with Gasteiger partial charge in [-0.2, -0.15) is 0 Å². The van der Waals surface area contributed by atoms with E-state index in [1.54, 1.807) is 18.2 Å². The van der Waals surface area contributed by atoms with Gasteiger partial charge in [0, 0.05) is 16.5 Å². The summed E-state index contributed by atoms with van der Waals surface area (Å²) < 4.78 is 39.7. The van der Waals surface area contributed by atoms with Crippen LogP contribution in [0.4, 0.5) is 13.2 Å². The van der Waals surface area contributed by atoms with Crippen molar-refractivity contribution in [1.29, 1.82) is 0 Å². The van der Waals surface area contributed by atoms with Gasteiger partial charge in [0.15, 0.2) is 11.6 Å². The van der Waals surface area contributed by atoms with Gasteiger partial charge in [-0.25, -0.2) is 13.2 Å². The molecule has 2 aromatic carbocycles. The summed E-state index contributed by atoms with van der Waals surface area (Å²) in [5.74, 6) is -3.09. The summed E-state index contributed by atoms with van der Waals surface area (Å²) in [4.78, 5) is -0.505. The molecule has 0 aliphatic heterocycles. The summed E-state index contributed by atoms with van der Waals surface area (Å²) >= 11 is 15.0. The summed E-state index contributed by atoms with van der Waals surface area (Å²) in [6.45, 7) is 0. The Morgan fingerprint density at radius 3 is 2.20 bits per heavy atom. The van der Waals surface area contributed by atoms with Crippen LogP contribution in [0.2, 0.25) is 10.0 Å². The molecule has 0 aromatic heterocycles. The van der Waals surface area contributed by atoms with Crippen molar-refractivity contribution in [3.05, 3.63) is 69.0 Å². The second kappa shape index (κ2) is 6.37. The molecule has 0 aliphatic carbocycles. The molecule has 0 nitrogen and oxygen atoms in total. The summed E-state index contributed by atoms with van der Waals surface area (Å²) in [5, 5.41) is 0.801. The molecule has 2 rings (SSSR count). The first-order valence-corrected chi connectivity index (χ1v) is 7.28. The third kappa shape index (κ3) is 3.48. The molecule has 20 heavy (non-hydrogen) atoms. The molecule has 0 saturated heterocycles. The largest absolute Gasteiger partial charge is 0.207 e. The van der Waals surface area contributed by atoms with Crippen LogP contribution in [-0.2, 0) is 6.42 Å². The molecule has 0 fully saturated rings. The second-order valence-electron chi connectivity index (χ2n) is 4.21. The average Bonchev–Trinajstić information content (AvgIpc) is 2.38. The highest BCUT2D eigenvalue weighted by molar-refractivity contribution is 9.09. The smallest absolute Gasteiger partial charge is 0.161 e. The maximum Gasteiger partial charge on any atom is 0.161 e. The van der Waals surface area contributed by atoms with Crippen LogP contribution in [-0.4, -0.2) is 0 Å². The maximum absolute atomic E-state index is 13.6. The molecule has 0 saturated carbocycles. The Bertz CT molecular complexity index is 647. The molecule has 1 atom stereocenters. The SMILES string of the molecule is Fc1cc(F)c(C(Br)Cc2ccc(Cl)c(Cl)c2)cc1F. The fourth-order valence-electron chi connectivity index (χ4n) is 1.76. The molecule has 0 N–H and O–H groups in total. The molecule has 0 bridgehead atoms. The molecule has 0 aliphatic rings. The third-order valence-electron chi connectivity index (χ3n) is 2.78. The van der Waals surface area contributed by atoms with Gasteiger partial charge in [-0.3, -0.25) is 0 Å². The number of hydrogen-bond donors (Lipinski definition) is 0. The maximum atomic E-state index is 13.6. The van der Waals surface area contributed by atoms with Crippen LogP contribution in [0, 0.1) is 17.5 Å². The standard InChI is InChI=1S/C14H8BrCl2F3/c15-9(3-7-1-2-10(16)11(17)4-7)8-5-13(19)14(20)6-12(8)18/h1-2,4-6,9H,3H2. The third-order valence-corrected chi connectivity index (χ3v) is 4.33. The van der Waals surface area contributed by atoms with Crippen molar-refractivity contribution in [2.45, 2.75) is 11.2 Å². The van der Waals surface area contributed by atoms with Crippen molar-refractivity contribution in [3.8, 4) is 0 Å². The molecule has 6 heteroatoms. The van der Waals surface area contributed by atoms with E-state index < -0.39 is 22.3 Å². The van der Waals surface area contributed by atoms with E-state index >= 15 is 0 Å². The van der Waals surface area contributed by atoms with Gasteiger partial charge in [0.25, 0.3) is 0 Å². The van der Waals surface area contributed by atoms with E-state index in [0.717, 1.165) is 11.6 Å². The van der Waals surface area contributed by atoms with Gasteiger partial charge in [-0.15, -0.1) is 0 Å². The number of rotatable bonds is 3. The Morgan fingerprint density at radius 2 is 1.55 bits per heavy atom. The molecular weight excluding hydrogens is 376 g/mol. The van der Waals surface area contributed by atoms with Gasteiger partial charge in [0.2, 0.25) is 0 Å². The summed E-state index contributed by atoms with van der Waals surface area (Å²) in [7, 11) is 0. The highest BCUT2D eigenvalue weighted by Gasteiger charge is 2.17. The first-order valence-electron chi connectivity index (χ1n) is 5.61. The van der Waals surface area contributed by atoms with Crippen molar-refractivity contribution in [1.82, 2.24) is 0 Å². The van der Waals surface area contributed by atoms with Crippen LogP contribution in [0.1, 0.15) is 16.0 Å². The van der Waals surface area contributed by atoms with Crippen molar-refractivity contribution >= 4 is 39.1 Å². The minimum absolute atomic E-state index is 0.0509. The summed E-state index contributed by atoms with van der Waals surface area (Å²) in [6.07, 6.45) is 0.360. The molecule has 0 heterocycles. The highest BCUT2D eigenvalue weighted by Crippen LogP contribution is 2.32. The Labute approximate surface area is 132 Å². The first-order chi connectivity index (χ1) is 9.38. The number of halogens is 6. The van der Waals surface area contributed by atoms with E-state index in [1.165, 1.54) is 0 Å². The second-order valence-corrected chi connectivity index (χ2v) is 6.13. The van der Waals surface area contributed by atoms with Crippen LogP contribution >= 0.6 is 39.1 Å². The zero-order valence-electron chi connectivity index (χ0n) is 9.94. The van der Waals surface area contributed by atoms with Gasteiger partial charge in [0.1, 0.15) is 5.82 Å². The molecule has 0 spiro atoms. The van der Waals surface area contributed by atoms with Crippen molar-refractivity contribution in [3.63, 3.8) is 0 Å². The minimum atomic E-state index is -1.21. The zero-order chi connectivity index (χ0) is 14.9. The number of alkyl halides is 1. The molecule has 0 amide bonds. The Kier molecular flexibility index (Phi) is 4.99. The van der Waals surface area contributed by atoms with Gasteiger partial charge in [-0.1, -0.05) is 45.2 Å². The molecule has 1 unspecified atom stereocenters. The number of hydrogen-bond acceptors (Lipinski definition) is 0. The monoisotopic (exact) mass is 382 g/mol. The average molecular weight is 384 g/mol. The lowest BCUT2D eigenvalue weighted by atomic mass is 10.0. The molecule has 0 radical (unpaired) electrons. The quantitative estimate of drug-likeness (QED) is 0.444. The normalized spacial score (nSPS) is 12.5. The summed E-state index contributed by atoms with van der Waals surface area (Å²) in [6, 6.07) is 6.39. The fraction of sp³-hybridized carbons (Fsp3) is 0.143. The van der Waals surface area contributed by atoms with Crippen molar-refractivity contribution in [2.24, 2.45) is 0 Å². The Morgan fingerprint density at radius 1 is 0.900 bits per heavy atom. The van der Waals surface area contributed by atoms with Gasteiger partial charge in [-0.05, 0) is 30.2 Å². The molecule has 106 valence electrons.